The van der Waals surface area contributed by atoms with Crippen molar-refractivity contribution in [2.45, 2.75) is 6.92 Å². The Hall–Kier alpha value is -3.81. The number of pyridine rings is 1. The Bertz CT molecular complexity index is 1190. The highest BCUT2D eigenvalue weighted by atomic mass is 16.2. The van der Waals surface area contributed by atoms with Crippen molar-refractivity contribution in [1.82, 2.24) is 29.6 Å². The van der Waals surface area contributed by atoms with Crippen LogP contribution in [0.5, 0.6) is 0 Å². The molecule has 0 aliphatic carbocycles. The molecule has 0 unspecified atom stereocenters. The molecule has 5 rings (SSSR count). The topological polar surface area (TPSA) is 80.0 Å². The van der Waals surface area contributed by atoms with Gasteiger partial charge in [-0.3, -0.25) is 9.78 Å². The number of anilines is 1. The van der Waals surface area contributed by atoms with Crippen LogP contribution in [0, 0.1) is 6.92 Å². The molecule has 0 bridgehead atoms. The molecule has 8 heteroatoms. The van der Waals surface area contributed by atoms with Crippen molar-refractivity contribution < 1.29 is 4.79 Å². The van der Waals surface area contributed by atoms with E-state index in [4.69, 9.17) is 0 Å². The second-order valence-electron chi connectivity index (χ2n) is 7.24. The fourth-order valence-electron chi connectivity index (χ4n) is 3.80. The van der Waals surface area contributed by atoms with Gasteiger partial charge in [-0.2, -0.15) is 5.10 Å². The summed E-state index contributed by atoms with van der Waals surface area (Å²) in [4.78, 5) is 30.6. The van der Waals surface area contributed by atoms with Gasteiger partial charge in [0, 0.05) is 56.2 Å². The molecular formula is C22H21N7O. The average Bonchev–Trinajstić information content (AvgIpc) is 3.33. The van der Waals surface area contributed by atoms with Crippen molar-refractivity contribution in [3.05, 3.63) is 72.6 Å². The predicted octanol–water partition coefficient (Wildman–Crippen LogP) is 2.48. The summed E-state index contributed by atoms with van der Waals surface area (Å²) in [5.74, 6) is 2.25. The summed E-state index contributed by atoms with van der Waals surface area (Å²) >= 11 is 0. The second kappa shape index (κ2) is 7.55. The molecule has 0 saturated carbocycles. The van der Waals surface area contributed by atoms with Gasteiger partial charge in [-0.05, 0) is 24.4 Å². The highest BCUT2D eigenvalue weighted by Crippen LogP contribution is 2.21. The summed E-state index contributed by atoms with van der Waals surface area (Å²) in [6.45, 7) is 4.51. The van der Waals surface area contributed by atoms with Gasteiger partial charge in [-0.1, -0.05) is 24.3 Å². The lowest BCUT2D eigenvalue weighted by Gasteiger charge is -2.35. The van der Waals surface area contributed by atoms with E-state index in [2.05, 4.69) is 25.0 Å². The minimum Gasteiger partial charge on any atom is -0.353 e. The zero-order valence-corrected chi connectivity index (χ0v) is 16.6. The molecule has 150 valence electrons. The van der Waals surface area contributed by atoms with Crippen LogP contribution in [0.4, 0.5) is 5.82 Å². The fourth-order valence-corrected chi connectivity index (χ4v) is 3.80. The molecule has 4 heterocycles. The van der Waals surface area contributed by atoms with Crippen LogP contribution in [-0.2, 0) is 0 Å². The third kappa shape index (κ3) is 3.36. The van der Waals surface area contributed by atoms with Gasteiger partial charge in [0.05, 0.1) is 0 Å². The molecule has 1 aromatic carbocycles. The molecule has 3 aromatic heterocycles. The van der Waals surface area contributed by atoms with E-state index in [0.29, 0.717) is 37.7 Å². The Morgan fingerprint density at radius 2 is 1.73 bits per heavy atom. The molecule has 4 aromatic rings. The number of rotatable bonds is 3. The molecule has 0 atom stereocenters. The number of aryl methyl sites for hydroxylation is 1. The lowest BCUT2D eigenvalue weighted by Crippen LogP contribution is -2.49. The zero-order valence-electron chi connectivity index (χ0n) is 16.6. The van der Waals surface area contributed by atoms with Crippen molar-refractivity contribution >= 4 is 22.5 Å². The molecule has 1 aliphatic heterocycles. The van der Waals surface area contributed by atoms with Crippen molar-refractivity contribution in [1.29, 1.82) is 0 Å². The Kier molecular flexibility index (Phi) is 4.59. The van der Waals surface area contributed by atoms with Gasteiger partial charge in [-0.25, -0.2) is 14.6 Å². The number of amides is 1. The SMILES string of the molecule is Cc1nc(N2CCN(C(=O)c3nccc4ccccc34)CC2)cc(-n2cccn2)n1. The molecular weight excluding hydrogens is 378 g/mol. The lowest BCUT2D eigenvalue weighted by atomic mass is 10.1. The standard InChI is InChI=1S/C22H21N7O/c1-16-25-19(15-20(26-16)29-10-4-8-24-29)27-11-13-28(14-12-27)22(30)21-18-6-3-2-5-17(18)7-9-23-21/h2-10,15H,11-14H2,1H3. The molecule has 1 amide bonds. The Morgan fingerprint density at radius 1 is 0.933 bits per heavy atom. The van der Waals surface area contributed by atoms with Crippen LogP contribution in [0.1, 0.15) is 16.3 Å². The van der Waals surface area contributed by atoms with Gasteiger partial charge in [0.25, 0.3) is 5.91 Å². The van der Waals surface area contributed by atoms with E-state index in [9.17, 15) is 4.79 Å². The van der Waals surface area contributed by atoms with Crippen LogP contribution in [0.3, 0.4) is 0 Å². The van der Waals surface area contributed by atoms with Crippen molar-refractivity contribution in [2.75, 3.05) is 31.1 Å². The predicted molar refractivity (Wildman–Crippen MR) is 114 cm³/mol. The normalized spacial score (nSPS) is 14.3. The van der Waals surface area contributed by atoms with E-state index < -0.39 is 0 Å². The van der Waals surface area contributed by atoms with E-state index in [1.807, 2.05) is 60.5 Å². The number of benzene rings is 1. The highest BCUT2D eigenvalue weighted by molar-refractivity contribution is 6.05. The van der Waals surface area contributed by atoms with E-state index in [1.165, 1.54) is 0 Å². The first kappa shape index (κ1) is 18.2. The summed E-state index contributed by atoms with van der Waals surface area (Å²) < 4.78 is 1.73. The smallest absolute Gasteiger partial charge is 0.273 e. The second-order valence-corrected chi connectivity index (χ2v) is 7.24. The molecule has 0 spiro atoms. The number of piperazine rings is 1. The van der Waals surface area contributed by atoms with E-state index in [-0.39, 0.29) is 5.91 Å². The van der Waals surface area contributed by atoms with Crippen LogP contribution >= 0.6 is 0 Å². The maximum Gasteiger partial charge on any atom is 0.273 e. The van der Waals surface area contributed by atoms with Gasteiger partial charge in [0.2, 0.25) is 0 Å². The van der Waals surface area contributed by atoms with Gasteiger partial charge >= 0.3 is 0 Å². The third-order valence-electron chi connectivity index (χ3n) is 5.32. The molecule has 1 saturated heterocycles. The number of aromatic nitrogens is 5. The van der Waals surface area contributed by atoms with Crippen LogP contribution in [-0.4, -0.2) is 61.7 Å². The molecule has 0 radical (unpaired) electrons. The number of hydrogen-bond acceptors (Lipinski definition) is 6. The zero-order chi connectivity index (χ0) is 20.5. The lowest BCUT2D eigenvalue weighted by molar-refractivity contribution is 0.0743. The van der Waals surface area contributed by atoms with Crippen molar-refractivity contribution in [3.8, 4) is 5.82 Å². The van der Waals surface area contributed by atoms with E-state index >= 15 is 0 Å². The highest BCUT2D eigenvalue weighted by Gasteiger charge is 2.25. The van der Waals surface area contributed by atoms with Crippen molar-refractivity contribution in [3.63, 3.8) is 0 Å². The summed E-state index contributed by atoms with van der Waals surface area (Å²) in [6.07, 6.45) is 5.29. The maximum atomic E-state index is 13.1. The first-order valence-electron chi connectivity index (χ1n) is 9.93. The number of carbonyl (C=O) groups excluding carboxylic acids is 1. The first-order chi connectivity index (χ1) is 14.7. The van der Waals surface area contributed by atoms with E-state index in [0.717, 1.165) is 22.4 Å². The first-order valence-corrected chi connectivity index (χ1v) is 9.93. The minimum atomic E-state index is -0.0254. The Labute approximate surface area is 173 Å². The minimum absolute atomic E-state index is 0.0254. The molecule has 0 N–H and O–H groups in total. The molecule has 30 heavy (non-hydrogen) atoms. The van der Waals surface area contributed by atoms with Crippen molar-refractivity contribution in [2.24, 2.45) is 0 Å². The molecule has 1 fully saturated rings. The number of hydrogen-bond donors (Lipinski definition) is 0. The Balaban J connectivity index is 1.34. The van der Waals surface area contributed by atoms with Gasteiger partial charge in [-0.15, -0.1) is 0 Å². The van der Waals surface area contributed by atoms with Gasteiger partial charge < -0.3 is 9.80 Å². The van der Waals surface area contributed by atoms with Crippen LogP contribution in [0.2, 0.25) is 0 Å². The molecule has 1 aliphatic rings. The Morgan fingerprint density at radius 3 is 2.53 bits per heavy atom. The third-order valence-corrected chi connectivity index (χ3v) is 5.32. The quantitative estimate of drug-likeness (QED) is 0.527. The maximum absolute atomic E-state index is 13.1. The van der Waals surface area contributed by atoms with Crippen LogP contribution < -0.4 is 4.90 Å². The summed E-state index contributed by atoms with van der Waals surface area (Å²) in [6, 6.07) is 13.6. The average molecular weight is 399 g/mol. The molecule has 8 nitrogen and oxygen atoms in total. The van der Waals surface area contributed by atoms with E-state index in [1.54, 1.807) is 17.1 Å². The van der Waals surface area contributed by atoms with Gasteiger partial charge in [0.15, 0.2) is 5.82 Å². The summed E-state index contributed by atoms with van der Waals surface area (Å²) in [5, 5.41) is 6.17. The largest absolute Gasteiger partial charge is 0.353 e. The summed E-state index contributed by atoms with van der Waals surface area (Å²) in [7, 11) is 0. The number of carbonyl (C=O) groups is 1. The monoisotopic (exact) mass is 399 g/mol. The summed E-state index contributed by atoms with van der Waals surface area (Å²) in [5.41, 5.74) is 0.514. The fraction of sp³-hybridized carbons (Fsp3) is 0.227. The van der Waals surface area contributed by atoms with Gasteiger partial charge in [0.1, 0.15) is 17.3 Å². The number of nitrogens with zero attached hydrogens (tertiary/aromatic N) is 7. The number of fused-ring (bicyclic) bond motifs is 1. The van der Waals surface area contributed by atoms with Crippen LogP contribution in [0.25, 0.3) is 16.6 Å². The van der Waals surface area contributed by atoms with Crippen LogP contribution in [0.15, 0.2) is 61.1 Å².